The van der Waals surface area contributed by atoms with Gasteiger partial charge < -0.3 is 10.1 Å². The summed E-state index contributed by atoms with van der Waals surface area (Å²) in [6.45, 7) is 6.21. The largest absolute Gasteiger partial charge is 0.469 e. The van der Waals surface area contributed by atoms with Crippen molar-refractivity contribution in [3.63, 3.8) is 0 Å². The van der Waals surface area contributed by atoms with Gasteiger partial charge >= 0.3 is 5.97 Å². The van der Waals surface area contributed by atoms with E-state index in [2.05, 4.69) is 19.2 Å². The molecule has 0 aromatic rings. The fourth-order valence-corrected chi connectivity index (χ4v) is 1.83. The first kappa shape index (κ1) is 10.5. The van der Waals surface area contributed by atoms with Gasteiger partial charge in [-0.15, -0.1) is 0 Å². The van der Waals surface area contributed by atoms with Crippen LogP contribution in [0, 0.1) is 17.8 Å². The van der Waals surface area contributed by atoms with Crippen molar-refractivity contribution in [1.29, 1.82) is 0 Å². The van der Waals surface area contributed by atoms with Gasteiger partial charge in [0.1, 0.15) is 0 Å². The van der Waals surface area contributed by atoms with Crippen molar-refractivity contribution < 1.29 is 9.53 Å². The summed E-state index contributed by atoms with van der Waals surface area (Å²) in [5, 5.41) is 3.28. The van der Waals surface area contributed by atoms with Gasteiger partial charge in [-0.25, -0.2) is 0 Å². The topological polar surface area (TPSA) is 38.3 Å². The van der Waals surface area contributed by atoms with Gasteiger partial charge in [0.15, 0.2) is 0 Å². The summed E-state index contributed by atoms with van der Waals surface area (Å²) >= 11 is 0. The van der Waals surface area contributed by atoms with E-state index in [1.165, 1.54) is 7.11 Å². The van der Waals surface area contributed by atoms with Gasteiger partial charge in [-0.05, 0) is 24.8 Å². The predicted molar refractivity (Wildman–Crippen MR) is 51.3 cm³/mol. The lowest BCUT2D eigenvalue weighted by molar-refractivity contribution is -0.146. The van der Waals surface area contributed by atoms with E-state index in [1.807, 2.05) is 0 Å². The van der Waals surface area contributed by atoms with Gasteiger partial charge in [-0.1, -0.05) is 13.8 Å². The Balaban J connectivity index is 2.46. The average molecular weight is 185 g/mol. The lowest BCUT2D eigenvalue weighted by Crippen LogP contribution is -2.41. The van der Waals surface area contributed by atoms with Crippen molar-refractivity contribution in [1.82, 2.24) is 5.32 Å². The number of carbonyl (C=O) groups is 1. The maximum atomic E-state index is 11.3. The highest BCUT2D eigenvalue weighted by atomic mass is 16.5. The van der Waals surface area contributed by atoms with Gasteiger partial charge in [-0.3, -0.25) is 4.79 Å². The molecule has 0 aromatic carbocycles. The van der Waals surface area contributed by atoms with Crippen LogP contribution < -0.4 is 5.32 Å². The minimum Gasteiger partial charge on any atom is -0.469 e. The molecule has 1 heterocycles. The first-order valence-corrected chi connectivity index (χ1v) is 4.93. The Morgan fingerprint density at radius 1 is 1.46 bits per heavy atom. The number of rotatable bonds is 2. The third-order valence-electron chi connectivity index (χ3n) is 2.86. The third-order valence-corrected chi connectivity index (χ3v) is 2.86. The van der Waals surface area contributed by atoms with Gasteiger partial charge in [-0.2, -0.15) is 0 Å². The van der Waals surface area contributed by atoms with Crippen molar-refractivity contribution in [3.05, 3.63) is 0 Å². The van der Waals surface area contributed by atoms with Crippen LogP contribution in [0.2, 0.25) is 0 Å². The summed E-state index contributed by atoms with van der Waals surface area (Å²) in [6.07, 6.45) is 0.970. The minimum atomic E-state index is -0.0714. The normalized spacial score (nSPS) is 28.9. The second-order valence-electron chi connectivity index (χ2n) is 4.12. The minimum absolute atomic E-state index is 0.0612. The maximum absolute atomic E-state index is 11.3. The Morgan fingerprint density at radius 2 is 2.15 bits per heavy atom. The molecule has 0 spiro atoms. The molecule has 0 aromatic heterocycles. The van der Waals surface area contributed by atoms with Gasteiger partial charge in [0, 0.05) is 6.54 Å². The molecule has 1 fully saturated rings. The van der Waals surface area contributed by atoms with Crippen molar-refractivity contribution >= 4 is 5.97 Å². The van der Waals surface area contributed by atoms with Crippen LogP contribution in [0.1, 0.15) is 20.3 Å². The molecule has 1 aliphatic rings. The average Bonchev–Trinajstić information content (AvgIpc) is 2.17. The molecule has 1 rings (SSSR count). The SMILES string of the molecule is COC(=O)[C@H]1CNC[C@H](C(C)C)C1. The molecule has 1 N–H and O–H groups in total. The monoisotopic (exact) mass is 185 g/mol. The molecule has 0 aliphatic carbocycles. The lowest BCUT2D eigenvalue weighted by Gasteiger charge is -2.30. The Bertz CT molecular complexity index is 180. The maximum Gasteiger partial charge on any atom is 0.309 e. The van der Waals surface area contributed by atoms with E-state index in [-0.39, 0.29) is 11.9 Å². The van der Waals surface area contributed by atoms with Crippen LogP contribution in [0.5, 0.6) is 0 Å². The van der Waals surface area contributed by atoms with E-state index in [0.717, 1.165) is 19.5 Å². The molecular formula is C10H19NO2. The Kier molecular flexibility index (Phi) is 3.72. The molecular weight excluding hydrogens is 166 g/mol. The summed E-state index contributed by atoms with van der Waals surface area (Å²) in [4.78, 5) is 11.3. The molecule has 3 nitrogen and oxygen atoms in total. The van der Waals surface area contributed by atoms with E-state index in [4.69, 9.17) is 4.74 Å². The summed E-state index contributed by atoms with van der Waals surface area (Å²) in [7, 11) is 1.46. The number of carbonyl (C=O) groups excluding carboxylic acids is 1. The first-order chi connectivity index (χ1) is 6.15. The smallest absolute Gasteiger partial charge is 0.309 e. The predicted octanol–water partition coefficient (Wildman–Crippen LogP) is 1.04. The standard InChI is InChI=1S/C10H19NO2/c1-7(2)8-4-9(6-11-5-8)10(12)13-3/h7-9,11H,4-6H2,1-3H3/t8-,9-/m1/s1. The number of esters is 1. The highest BCUT2D eigenvalue weighted by molar-refractivity contribution is 5.72. The van der Waals surface area contributed by atoms with E-state index in [1.54, 1.807) is 0 Å². The van der Waals surface area contributed by atoms with Crippen molar-refractivity contribution in [2.24, 2.45) is 17.8 Å². The van der Waals surface area contributed by atoms with Crippen LogP contribution >= 0.6 is 0 Å². The van der Waals surface area contributed by atoms with E-state index in [9.17, 15) is 4.79 Å². The number of hydrogen-bond acceptors (Lipinski definition) is 3. The van der Waals surface area contributed by atoms with Crippen molar-refractivity contribution in [3.8, 4) is 0 Å². The molecule has 1 saturated heterocycles. The quantitative estimate of drug-likeness (QED) is 0.653. The molecule has 13 heavy (non-hydrogen) atoms. The molecule has 1 aliphatic heterocycles. The second-order valence-corrected chi connectivity index (χ2v) is 4.12. The van der Waals surface area contributed by atoms with E-state index in [0.29, 0.717) is 11.8 Å². The van der Waals surface area contributed by atoms with Crippen LogP contribution in [0.4, 0.5) is 0 Å². The first-order valence-electron chi connectivity index (χ1n) is 4.93. The van der Waals surface area contributed by atoms with Crippen molar-refractivity contribution in [2.75, 3.05) is 20.2 Å². The Morgan fingerprint density at radius 3 is 2.69 bits per heavy atom. The Hall–Kier alpha value is -0.570. The van der Waals surface area contributed by atoms with E-state index >= 15 is 0 Å². The summed E-state index contributed by atoms with van der Waals surface area (Å²) in [6, 6.07) is 0. The molecule has 0 amide bonds. The van der Waals surface area contributed by atoms with Crippen LogP contribution in [-0.4, -0.2) is 26.2 Å². The van der Waals surface area contributed by atoms with E-state index < -0.39 is 0 Å². The van der Waals surface area contributed by atoms with Gasteiger partial charge in [0.25, 0.3) is 0 Å². The molecule has 2 atom stereocenters. The number of methoxy groups -OCH3 is 1. The third kappa shape index (κ3) is 2.69. The molecule has 0 saturated carbocycles. The molecule has 76 valence electrons. The van der Waals surface area contributed by atoms with Gasteiger partial charge in [0.05, 0.1) is 13.0 Å². The summed E-state index contributed by atoms with van der Waals surface area (Å²) < 4.78 is 4.74. The Labute approximate surface area is 79.8 Å². The molecule has 3 heteroatoms. The zero-order valence-corrected chi connectivity index (χ0v) is 8.67. The fourth-order valence-electron chi connectivity index (χ4n) is 1.83. The lowest BCUT2D eigenvalue weighted by atomic mass is 9.83. The van der Waals surface area contributed by atoms with Gasteiger partial charge in [0.2, 0.25) is 0 Å². The summed E-state index contributed by atoms with van der Waals surface area (Å²) in [5.41, 5.74) is 0. The zero-order chi connectivity index (χ0) is 9.84. The second kappa shape index (κ2) is 4.61. The molecule has 0 radical (unpaired) electrons. The highest BCUT2D eigenvalue weighted by Crippen LogP contribution is 2.23. The molecule has 0 bridgehead atoms. The molecule has 0 unspecified atom stereocenters. The van der Waals surface area contributed by atoms with Crippen LogP contribution in [0.15, 0.2) is 0 Å². The summed E-state index contributed by atoms with van der Waals surface area (Å²) in [5.74, 6) is 1.24. The van der Waals surface area contributed by atoms with Crippen LogP contribution in [0.25, 0.3) is 0 Å². The van der Waals surface area contributed by atoms with Crippen molar-refractivity contribution in [2.45, 2.75) is 20.3 Å². The van der Waals surface area contributed by atoms with Crippen LogP contribution in [0.3, 0.4) is 0 Å². The number of hydrogen-bond donors (Lipinski definition) is 1. The fraction of sp³-hybridized carbons (Fsp3) is 0.900. The number of ether oxygens (including phenoxy) is 1. The highest BCUT2D eigenvalue weighted by Gasteiger charge is 2.28. The number of nitrogens with one attached hydrogen (secondary N) is 1. The van der Waals surface area contributed by atoms with Crippen LogP contribution in [-0.2, 0) is 9.53 Å². The zero-order valence-electron chi connectivity index (χ0n) is 8.67. The number of piperidine rings is 1.